The van der Waals surface area contributed by atoms with Gasteiger partial charge in [-0.05, 0) is 29.8 Å². The summed E-state index contributed by atoms with van der Waals surface area (Å²) in [7, 11) is 1.60. The number of benzene rings is 2. The van der Waals surface area contributed by atoms with E-state index in [4.69, 9.17) is 15.9 Å². The van der Waals surface area contributed by atoms with Crippen LogP contribution in [0.5, 0.6) is 5.75 Å². The molecule has 8 heteroatoms. The molecule has 0 spiro atoms. The Balaban J connectivity index is 1.61. The molecule has 1 aromatic heterocycles. The van der Waals surface area contributed by atoms with Crippen LogP contribution in [0.15, 0.2) is 65.9 Å². The van der Waals surface area contributed by atoms with E-state index in [1.54, 1.807) is 18.0 Å². The Morgan fingerprint density at radius 1 is 1.11 bits per heavy atom. The quantitative estimate of drug-likeness (QED) is 0.715. The number of amides is 2. The fourth-order valence-electron chi connectivity index (χ4n) is 3.00. The number of amidine groups is 1. The summed E-state index contributed by atoms with van der Waals surface area (Å²) >= 11 is 0. The molecule has 2 aromatic carbocycles. The topological polar surface area (TPSA) is 110 Å². The second-order valence-electron chi connectivity index (χ2n) is 6.21. The fraction of sp³-hybridized carbons (Fsp3) is 0.100. The predicted octanol–water partition coefficient (Wildman–Crippen LogP) is 2.87. The van der Waals surface area contributed by atoms with Crippen LogP contribution in [0.3, 0.4) is 0 Å². The average Bonchev–Trinajstić information content (AvgIpc) is 3.23. The number of ether oxygens (including phenoxy) is 1. The van der Waals surface area contributed by atoms with Crippen molar-refractivity contribution >= 4 is 23.4 Å². The van der Waals surface area contributed by atoms with Crippen molar-refractivity contribution < 1.29 is 9.53 Å². The second-order valence-corrected chi connectivity index (χ2v) is 6.21. The first-order valence-electron chi connectivity index (χ1n) is 8.59. The minimum atomic E-state index is -0.498. The smallest absolute Gasteiger partial charge is 0.350 e. The normalized spacial score (nSPS) is 13.8. The molecule has 8 nitrogen and oxygen atoms in total. The van der Waals surface area contributed by atoms with Crippen molar-refractivity contribution in [1.82, 2.24) is 14.5 Å². The number of imidazole rings is 1. The Hall–Kier alpha value is -3.94. The molecule has 3 aromatic rings. The van der Waals surface area contributed by atoms with Crippen molar-refractivity contribution in [2.45, 2.75) is 6.54 Å². The van der Waals surface area contributed by atoms with Crippen molar-refractivity contribution in [3.05, 3.63) is 72.2 Å². The average molecular weight is 374 g/mol. The van der Waals surface area contributed by atoms with Gasteiger partial charge in [-0.1, -0.05) is 30.3 Å². The molecule has 28 heavy (non-hydrogen) atoms. The largest absolute Gasteiger partial charge is 0.497 e. The summed E-state index contributed by atoms with van der Waals surface area (Å²) in [4.78, 5) is 22.0. The zero-order valence-corrected chi connectivity index (χ0v) is 15.2. The summed E-state index contributed by atoms with van der Waals surface area (Å²) in [5.74, 6) is 1.02. The maximum absolute atomic E-state index is 12.3. The number of carbonyl (C=O) groups excluding carboxylic acids is 1. The lowest BCUT2D eigenvalue weighted by Crippen LogP contribution is -2.32. The van der Waals surface area contributed by atoms with E-state index >= 15 is 0 Å². The summed E-state index contributed by atoms with van der Waals surface area (Å²) in [6.45, 7) is 0.268. The SMILES string of the molecule is COc1ccc(-n2cnc(C3=NC(=O)N(Cc4ccccc4)C3=N)c2N)cc1. The lowest BCUT2D eigenvalue weighted by molar-refractivity contribution is 0.231. The maximum Gasteiger partial charge on any atom is 0.350 e. The van der Waals surface area contributed by atoms with E-state index in [1.165, 1.54) is 4.90 Å². The van der Waals surface area contributed by atoms with E-state index in [9.17, 15) is 4.79 Å². The van der Waals surface area contributed by atoms with E-state index in [0.717, 1.165) is 17.0 Å². The third-order valence-electron chi connectivity index (χ3n) is 4.50. The molecule has 1 aliphatic rings. The summed E-state index contributed by atoms with van der Waals surface area (Å²) in [5.41, 5.74) is 8.43. The minimum absolute atomic E-state index is 0.0134. The van der Waals surface area contributed by atoms with Gasteiger partial charge in [0.05, 0.1) is 13.7 Å². The summed E-state index contributed by atoms with van der Waals surface area (Å²) in [6.07, 6.45) is 1.55. The van der Waals surface area contributed by atoms with Crippen LogP contribution in [0.1, 0.15) is 11.3 Å². The molecule has 0 radical (unpaired) electrons. The van der Waals surface area contributed by atoms with Crippen molar-refractivity contribution in [3.63, 3.8) is 0 Å². The Bertz CT molecular complexity index is 1070. The molecule has 0 atom stereocenters. The number of hydrogen-bond acceptors (Lipinski definition) is 5. The van der Waals surface area contributed by atoms with Crippen LogP contribution in [0, 0.1) is 5.41 Å². The van der Waals surface area contributed by atoms with Gasteiger partial charge in [0.2, 0.25) is 0 Å². The zero-order valence-electron chi connectivity index (χ0n) is 15.2. The number of hydrogen-bond donors (Lipinski definition) is 2. The first-order chi connectivity index (χ1) is 13.6. The Labute approximate surface area is 161 Å². The predicted molar refractivity (Wildman–Crippen MR) is 106 cm³/mol. The molecular formula is C20H18N6O2. The highest BCUT2D eigenvalue weighted by molar-refractivity contribution is 6.52. The van der Waals surface area contributed by atoms with Crippen LogP contribution < -0.4 is 10.5 Å². The van der Waals surface area contributed by atoms with E-state index in [2.05, 4.69) is 9.98 Å². The Kier molecular flexibility index (Phi) is 4.36. The lowest BCUT2D eigenvalue weighted by atomic mass is 10.2. The Morgan fingerprint density at radius 2 is 1.82 bits per heavy atom. The number of methoxy groups -OCH3 is 1. The molecule has 2 heterocycles. The number of nitrogen functional groups attached to an aromatic ring is 1. The van der Waals surface area contributed by atoms with Gasteiger partial charge in [-0.2, -0.15) is 4.99 Å². The number of nitrogens with one attached hydrogen (secondary N) is 1. The number of nitrogens with zero attached hydrogens (tertiary/aromatic N) is 4. The first kappa shape index (κ1) is 17.5. The van der Waals surface area contributed by atoms with E-state index in [0.29, 0.717) is 11.5 Å². The maximum atomic E-state index is 12.3. The van der Waals surface area contributed by atoms with Gasteiger partial charge in [0, 0.05) is 5.69 Å². The highest BCUT2D eigenvalue weighted by Gasteiger charge is 2.33. The van der Waals surface area contributed by atoms with Crippen molar-refractivity contribution in [2.24, 2.45) is 4.99 Å². The molecule has 0 unspecified atom stereocenters. The number of urea groups is 1. The molecule has 0 bridgehead atoms. The highest BCUT2D eigenvalue weighted by Crippen LogP contribution is 2.23. The number of carbonyl (C=O) groups is 1. The van der Waals surface area contributed by atoms with Gasteiger partial charge in [0.25, 0.3) is 0 Å². The molecular weight excluding hydrogens is 356 g/mol. The second kappa shape index (κ2) is 6.99. The van der Waals surface area contributed by atoms with Crippen LogP contribution in [0.2, 0.25) is 0 Å². The highest BCUT2D eigenvalue weighted by atomic mass is 16.5. The van der Waals surface area contributed by atoms with Crippen molar-refractivity contribution in [1.29, 1.82) is 5.41 Å². The summed E-state index contributed by atoms with van der Waals surface area (Å²) in [6, 6.07) is 16.3. The molecule has 1 aliphatic heterocycles. The van der Waals surface area contributed by atoms with Crippen LogP contribution in [-0.2, 0) is 6.54 Å². The van der Waals surface area contributed by atoms with E-state index < -0.39 is 6.03 Å². The van der Waals surface area contributed by atoms with Gasteiger partial charge in [0.1, 0.15) is 29.3 Å². The molecule has 0 fully saturated rings. The van der Waals surface area contributed by atoms with Crippen molar-refractivity contribution in [2.75, 3.05) is 12.8 Å². The third-order valence-corrected chi connectivity index (χ3v) is 4.50. The zero-order chi connectivity index (χ0) is 19.7. The number of aromatic nitrogens is 2. The van der Waals surface area contributed by atoms with Crippen LogP contribution in [-0.4, -0.2) is 39.1 Å². The third kappa shape index (κ3) is 3.01. The van der Waals surface area contributed by atoms with Crippen LogP contribution in [0.25, 0.3) is 5.69 Å². The molecule has 140 valence electrons. The van der Waals surface area contributed by atoms with Gasteiger partial charge in [-0.25, -0.2) is 9.78 Å². The standard InChI is InChI=1S/C20H18N6O2/c1-28-15-9-7-14(8-10-15)26-12-23-16(18(26)21)17-19(22)25(20(27)24-17)11-13-5-3-2-4-6-13/h2-10,12,22H,11,21H2,1H3. The number of anilines is 1. The van der Waals surface area contributed by atoms with E-state index in [1.807, 2.05) is 54.6 Å². The molecule has 4 rings (SSSR count). The monoisotopic (exact) mass is 374 g/mol. The minimum Gasteiger partial charge on any atom is -0.497 e. The lowest BCUT2D eigenvalue weighted by Gasteiger charge is -2.15. The van der Waals surface area contributed by atoms with Gasteiger partial charge in [-0.15, -0.1) is 0 Å². The van der Waals surface area contributed by atoms with Crippen LogP contribution in [0.4, 0.5) is 10.6 Å². The molecule has 0 saturated heterocycles. The van der Waals surface area contributed by atoms with Crippen molar-refractivity contribution in [3.8, 4) is 11.4 Å². The van der Waals surface area contributed by atoms with Gasteiger partial charge in [-0.3, -0.25) is 14.9 Å². The Morgan fingerprint density at radius 3 is 2.50 bits per heavy atom. The molecule has 2 amide bonds. The molecule has 0 aliphatic carbocycles. The number of rotatable bonds is 5. The fourth-order valence-corrected chi connectivity index (χ4v) is 3.00. The number of nitrogens with two attached hydrogens (primary N) is 1. The molecule has 0 saturated carbocycles. The summed E-state index contributed by atoms with van der Waals surface area (Å²) < 4.78 is 6.84. The first-order valence-corrected chi connectivity index (χ1v) is 8.59. The van der Waals surface area contributed by atoms with Gasteiger partial charge >= 0.3 is 6.03 Å². The summed E-state index contributed by atoms with van der Waals surface area (Å²) in [5, 5.41) is 8.40. The van der Waals surface area contributed by atoms with E-state index in [-0.39, 0.29) is 18.1 Å². The van der Waals surface area contributed by atoms with Gasteiger partial charge < -0.3 is 10.5 Å². The number of aliphatic imine (C=N–C) groups is 1. The van der Waals surface area contributed by atoms with Gasteiger partial charge in [0.15, 0.2) is 5.84 Å². The molecule has 3 N–H and O–H groups in total. The van der Waals surface area contributed by atoms with Crippen LogP contribution >= 0.6 is 0 Å².